The summed E-state index contributed by atoms with van der Waals surface area (Å²) in [4.78, 5) is 4.17. The second-order valence-corrected chi connectivity index (χ2v) is 4.16. The van der Waals surface area contributed by atoms with Gasteiger partial charge in [0.25, 0.3) is 0 Å². The smallest absolute Gasteiger partial charge is 0.0432 e. The summed E-state index contributed by atoms with van der Waals surface area (Å²) in [5, 5.41) is 3.40. The molecule has 2 atom stereocenters. The topological polar surface area (TPSA) is 24.9 Å². The van der Waals surface area contributed by atoms with Gasteiger partial charge in [-0.15, -0.1) is 6.42 Å². The molecule has 3 rings (SSSR count). The molecule has 0 amide bonds. The average Bonchev–Trinajstić information content (AvgIpc) is 2.61. The van der Waals surface area contributed by atoms with Crippen LogP contribution in [0.15, 0.2) is 24.5 Å². The summed E-state index contributed by atoms with van der Waals surface area (Å²) in [6, 6.07) is 2.05. The lowest BCUT2D eigenvalue weighted by atomic mass is 9.74. The van der Waals surface area contributed by atoms with Gasteiger partial charge in [0.1, 0.15) is 0 Å². The summed E-state index contributed by atoms with van der Waals surface area (Å²) in [5.41, 5.74) is 3.47. The maximum Gasteiger partial charge on any atom is 0.0432 e. The Labute approximate surface area is 89.4 Å². The molecule has 1 aliphatic carbocycles. The van der Waals surface area contributed by atoms with Crippen LogP contribution in [0.5, 0.6) is 0 Å². The lowest BCUT2D eigenvalue weighted by molar-refractivity contribution is 0.564. The maximum atomic E-state index is 5.36. The molecule has 1 N–H and O–H groups in total. The van der Waals surface area contributed by atoms with Gasteiger partial charge in [-0.3, -0.25) is 4.98 Å². The molecule has 74 valence electrons. The molecule has 0 unspecified atom stereocenters. The minimum absolute atomic E-state index is 0.680. The van der Waals surface area contributed by atoms with Crippen molar-refractivity contribution in [1.82, 2.24) is 10.3 Å². The molecule has 15 heavy (non-hydrogen) atoms. The van der Waals surface area contributed by atoms with Crippen molar-refractivity contribution in [3.8, 4) is 12.3 Å². The first-order chi connectivity index (χ1) is 7.38. The molecule has 1 fully saturated rings. The predicted molar refractivity (Wildman–Crippen MR) is 60.0 cm³/mol. The van der Waals surface area contributed by atoms with Gasteiger partial charge in [-0.25, -0.2) is 0 Å². The fourth-order valence-electron chi connectivity index (χ4n) is 2.44. The highest BCUT2D eigenvalue weighted by Gasteiger charge is 2.36. The molecule has 1 saturated heterocycles. The minimum atomic E-state index is 0.680. The van der Waals surface area contributed by atoms with Crippen LogP contribution >= 0.6 is 0 Å². The van der Waals surface area contributed by atoms with Crippen LogP contribution in [-0.2, 0) is 0 Å². The van der Waals surface area contributed by atoms with E-state index in [1.165, 1.54) is 11.1 Å². The number of nitrogens with zero attached hydrogens (tertiary/aromatic N) is 1. The molecule has 0 bridgehead atoms. The summed E-state index contributed by atoms with van der Waals surface area (Å²) >= 11 is 0. The molecule has 1 aliphatic heterocycles. The van der Waals surface area contributed by atoms with Crippen molar-refractivity contribution in [1.29, 1.82) is 0 Å². The van der Waals surface area contributed by atoms with Gasteiger partial charge in [0.15, 0.2) is 0 Å². The lowest BCUT2D eigenvalue weighted by Crippen LogP contribution is -2.22. The average molecular weight is 196 g/mol. The van der Waals surface area contributed by atoms with Gasteiger partial charge >= 0.3 is 0 Å². The van der Waals surface area contributed by atoms with E-state index in [0.717, 1.165) is 24.6 Å². The number of rotatable bonds is 1. The van der Waals surface area contributed by atoms with Crippen LogP contribution in [-0.4, -0.2) is 18.1 Å². The largest absolute Gasteiger partial charge is 0.315 e. The summed E-state index contributed by atoms with van der Waals surface area (Å²) < 4.78 is 0. The van der Waals surface area contributed by atoms with Gasteiger partial charge in [0, 0.05) is 37.0 Å². The van der Waals surface area contributed by atoms with E-state index >= 15 is 0 Å². The highest BCUT2D eigenvalue weighted by Crippen LogP contribution is 2.42. The SMILES string of the molecule is C#Cc1cncc(C2=C[C@@H]3CNC[C@H]23)c1. The highest BCUT2D eigenvalue weighted by atomic mass is 14.9. The molecule has 1 aromatic rings. The van der Waals surface area contributed by atoms with E-state index in [0.29, 0.717) is 5.92 Å². The van der Waals surface area contributed by atoms with Crippen molar-refractivity contribution >= 4 is 5.57 Å². The fraction of sp³-hybridized carbons (Fsp3) is 0.308. The van der Waals surface area contributed by atoms with E-state index in [4.69, 9.17) is 6.42 Å². The first kappa shape index (κ1) is 8.70. The highest BCUT2D eigenvalue weighted by molar-refractivity contribution is 5.74. The van der Waals surface area contributed by atoms with Crippen LogP contribution in [0, 0.1) is 24.2 Å². The number of nitrogens with one attached hydrogen (secondary N) is 1. The Bertz CT molecular complexity index is 468. The van der Waals surface area contributed by atoms with Crippen LogP contribution in [0.25, 0.3) is 5.57 Å². The third kappa shape index (κ3) is 1.28. The maximum absolute atomic E-state index is 5.36. The third-order valence-corrected chi connectivity index (χ3v) is 3.29. The molecule has 2 aliphatic rings. The Kier molecular flexibility index (Phi) is 1.87. The molecular formula is C13H12N2. The lowest BCUT2D eigenvalue weighted by Gasteiger charge is -2.29. The summed E-state index contributed by atoms with van der Waals surface area (Å²) in [5.74, 6) is 4.04. The Morgan fingerprint density at radius 1 is 1.40 bits per heavy atom. The van der Waals surface area contributed by atoms with Crippen molar-refractivity contribution in [2.75, 3.05) is 13.1 Å². The first-order valence-electron chi connectivity index (χ1n) is 5.23. The predicted octanol–water partition coefficient (Wildman–Crippen LogP) is 1.30. The van der Waals surface area contributed by atoms with E-state index in [1.807, 2.05) is 12.3 Å². The van der Waals surface area contributed by atoms with Crippen molar-refractivity contribution in [3.63, 3.8) is 0 Å². The van der Waals surface area contributed by atoms with Crippen molar-refractivity contribution in [3.05, 3.63) is 35.7 Å². The van der Waals surface area contributed by atoms with Crippen LogP contribution < -0.4 is 5.32 Å². The minimum Gasteiger partial charge on any atom is -0.315 e. The van der Waals surface area contributed by atoms with E-state index < -0.39 is 0 Å². The fourth-order valence-corrected chi connectivity index (χ4v) is 2.44. The van der Waals surface area contributed by atoms with Gasteiger partial charge < -0.3 is 5.32 Å². The van der Waals surface area contributed by atoms with E-state index in [-0.39, 0.29) is 0 Å². The van der Waals surface area contributed by atoms with E-state index in [9.17, 15) is 0 Å². The zero-order chi connectivity index (χ0) is 10.3. The number of hydrogen-bond donors (Lipinski definition) is 1. The van der Waals surface area contributed by atoms with Crippen LogP contribution in [0.2, 0.25) is 0 Å². The molecule has 0 spiro atoms. The molecule has 0 saturated carbocycles. The second kappa shape index (κ2) is 3.22. The van der Waals surface area contributed by atoms with Crippen LogP contribution in [0.3, 0.4) is 0 Å². The van der Waals surface area contributed by atoms with Gasteiger partial charge in [0.2, 0.25) is 0 Å². The normalized spacial score (nSPS) is 27.5. The Morgan fingerprint density at radius 2 is 2.33 bits per heavy atom. The van der Waals surface area contributed by atoms with Gasteiger partial charge in [-0.1, -0.05) is 12.0 Å². The number of pyridine rings is 1. The van der Waals surface area contributed by atoms with Crippen molar-refractivity contribution < 1.29 is 0 Å². The molecule has 2 heteroatoms. The Hall–Kier alpha value is -1.59. The zero-order valence-electron chi connectivity index (χ0n) is 8.40. The molecule has 1 aromatic heterocycles. The van der Waals surface area contributed by atoms with Crippen LogP contribution in [0.1, 0.15) is 11.1 Å². The Morgan fingerprint density at radius 3 is 3.13 bits per heavy atom. The second-order valence-electron chi connectivity index (χ2n) is 4.16. The monoisotopic (exact) mass is 196 g/mol. The summed E-state index contributed by atoms with van der Waals surface area (Å²) in [6.07, 6.45) is 11.3. The van der Waals surface area contributed by atoms with Crippen molar-refractivity contribution in [2.45, 2.75) is 0 Å². The standard InChI is InChI=1S/C13H12N2/c1-2-9-3-10(6-14-5-9)12-4-11-7-15-8-13(11)12/h1,3-6,11,13,15H,7-8H2/t11-,13+/m1/s1. The van der Waals surface area contributed by atoms with Crippen molar-refractivity contribution in [2.24, 2.45) is 11.8 Å². The number of aromatic nitrogens is 1. The number of fused-ring (bicyclic) bond motifs is 1. The van der Waals surface area contributed by atoms with E-state index in [2.05, 4.69) is 22.3 Å². The molecule has 2 nitrogen and oxygen atoms in total. The quantitative estimate of drug-likeness (QED) is 0.685. The Balaban J connectivity index is 1.95. The number of terminal acetylenes is 1. The van der Waals surface area contributed by atoms with Crippen LogP contribution in [0.4, 0.5) is 0 Å². The van der Waals surface area contributed by atoms with Gasteiger partial charge in [-0.05, 0) is 23.1 Å². The van der Waals surface area contributed by atoms with E-state index in [1.54, 1.807) is 6.20 Å². The number of hydrogen-bond acceptors (Lipinski definition) is 2. The zero-order valence-corrected chi connectivity index (χ0v) is 8.40. The van der Waals surface area contributed by atoms with Gasteiger partial charge in [0.05, 0.1) is 0 Å². The summed E-state index contributed by atoms with van der Waals surface area (Å²) in [6.45, 7) is 2.22. The third-order valence-electron chi connectivity index (χ3n) is 3.29. The molecule has 0 aromatic carbocycles. The molecule has 2 heterocycles. The molecular weight excluding hydrogens is 184 g/mol. The van der Waals surface area contributed by atoms with Gasteiger partial charge in [-0.2, -0.15) is 0 Å². The first-order valence-corrected chi connectivity index (χ1v) is 5.23. The summed E-state index contributed by atoms with van der Waals surface area (Å²) in [7, 11) is 0. The molecule has 0 radical (unpaired) electrons.